The van der Waals surface area contributed by atoms with Crippen molar-refractivity contribution in [2.45, 2.75) is 31.5 Å². The fraction of sp³-hybridized carbons (Fsp3) is 0.333. The molecule has 2 atom stereocenters. The van der Waals surface area contributed by atoms with E-state index >= 15 is 0 Å². The molecular formula is C15H18N2O7. The maximum atomic E-state index is 12.1. The SMILES string of the molecule is C[C@@](NC(=O)OCc1ccccc1)(C(=O)O)C(=O)[C@@H](N)CC(=O)O. The van der Waals surface area contributed by atoms with Crippen LogP contribution in [0, 0.1) is 0 Å². The predicted molar refractivity (Wildman–Crippen MR) is 81.0 cm³/mol. The van der Waals surface area contributed by atoms with Crippen molar-refractivity contribution in [3.63, 3.8) is 0 Å². The fourth-order valence-electron chi connectivity index (χ4n) is 1.84. The van der Waals surface area contributed by atoms with Crippen LogP contribution >= 0.6 is 0 Å². The summed E-state index contributed by atoms with van der Waals surface area (Å²) in [6.07, 6.45) is -1.90. The van der Waals surface area contributed by atoms with Crippen LogP contribution in [0.3, 0.4) is 0 Å². The van der Waals surface area contributed by atoms with E-state index in [0.29, 0.717) is 5.56 Å². The standard InChI is InChI=1S/C15H18N2O7/c1-15(13(21)22,12(20)10(16)7-11(18)19)17-14(23)24-8-9-5-3-2-4-6-9/h2-6,10H,7-8,16H2,1H3,(H,17,23)(H,18,19)(H,21,22)/t10-,15-/m0/s1. The molecule has 9 heteroatoms. The van der Waals surface area contributed by atoms with Gasteiger partial charge in [0, 0.05) is 0 Å². The van der Waals surface area contributed by atoms with E-state index in [-0.39, 0.29) is 6.61 Å². The van der Waals surface area contributed by atoms with E-state index in [2.05, 4.69) is 0 Å². The topological polar surface area (TPSA) is 156 Å². The van der Waals surface area contributed by atoms with Gasteiger partial charge in [-0.05, 0) is 12.5 Å². The summed E-state index contributed by atoms with van der Waals surface area (Å²) in [5.41, 5.74) is 3.66. The third-order valence-electron chi connectivity index (χ3n) is 3.22. The van der Waals surface area contributed by atoms with Crippen LogP contribution in [0.5, 0.6) is 0 Å². The lowest BCUT2D eigenvalue weighted by Gasteiger charge is -2.26. The number of carboxylic acids is 2. The Morgan fingerprint density at radius 2 is 1.79 bits per heavy atom. The highest BCUT2D eigenvalue weighted by molar-refractivity contribution is 6.12. The van der Waals surface area contributed by atoms with Gasteiger partial charge in [0.05, 0.1) is 12.5 Å². The van der Waals surface area contributed by atoms with E-state index in [9.17, 15) is 24.3 Å². The van der Waals surface area contributed by atoms with Crippen molar-refractivity contribution in [1.29, 1.82) is 0 Å². The van der Waals surface area contributed by atoms with E-state index in [1.165, 1.54) is 0 Å². The molecule has 5 N–H and O–H groups in total. The van der Waals surface area contributed by atoms with Crippen LogP contribution < -0.4 is 11.1 Å². The van der Waals surface area contributed by atoms with E-state index in [4.69, 9.17) is 15.6 Å². The number of carbonyl (C=O) groups excluding carboxylic acids is 2. The van der Waals surface area contributed by atoms with Gasteiger partial charge in [0.15, 0.2) is 11.3 Å². The molecule has 0 aromatic heterocycles. The van der Waals surface area contributed by atoms with Gasteiger partial charge in [0.25, 0.3) is 0 Å². The molecular weight excluding hydrogens is 320 g/mol. The van der Waals surface area contributed by atoms with Crippen molar-refractivity contribution in [2.75, 3.05) is 0 Å². The van der Waals surface area contributed by atoms with E-state index in [0.717, 1.165) is 6.92 Å². The Labute approximate surface area is 137 Å². The average Bonchev–Trinajstić information content (AvgIpc) is 2.52. The van der Waals surface area contributed by atoms with Crippen molar-refractivity contribution in [1.82, 2.24) is 5.32 Å². The second-order valence-electron chi connectivity index (χ2n) is 5.19. The van der Waals surface area contributed by atoms with Crippen LogP contribution in [0.1, 0.15) is 18.9 Å². The third-order valence-corrected chi connectivity index (χ3v) is 3.22. The first-order chi connectivity index (χ1) is 11.2. The number of ketones is 1. The molecule has 0 bridgehead atoms. The maximum Gasteiger partial charge on any atom is 0.408 e. The number of carboxylic acid groups (broad SMARTS) is 2. The van der Waals surface area contributed by atoms with E-state index < -0.39 is 41.8 Å². The minimum atomic E-state index is -2.40. The molecule has 0 unspecified atom stereocenters. The Hall–Kier alpha value is -2.94. The van der Waals surface area contributed by atoms with Crippen LogP contribution in [-0.2, 0) is 25.7 Å². The summed E-state index contributed by atoms with van der Waals surface area (Å²) in [7, 11) is 0. The average molecular weight is 338 g/mol. The number of aliphatic carboxylic acids is 2. The molecule has 0 aliphatic rings. The summed E-state index contributed by atoms with van der Waals surface area (Å²) in [5, 5.41) is 19.8. The van der Waals surface area contributed by atoms with Gasteiger partial charge in [-0.15, -0.1) is 0 Å². The zero-order valence-corrected chi connectivity index (χ0v) is 12.9. The van der Waals surface area contributed by atoms with Crippen LogP contribution in [-0.4, -0.2) is 45.6 Å². The maximum absolute atomic E-state index is 12.1. The lowest BCUT2D eigenvalue weighted by atomic mass is 9.90. The molecule has 0 spiro atoms. The predicted octanol–water partition coefficient (Wildman–Crippen LogP) is 0.127. The van der Waals surface area contributed by atoms with Crippen molar-refractivity contribution < 1.29 is 34.1 Å². The van der Waals surface area contributed by atoms with Crippen molar-refractivity contribution >= 4 is 23.8 Å². The minimum absolute atomic E-state index is 0.127. The second-order valence-corrected chi connectivity index (χ2v) is 5.19. The Kier molecular flexibility index (Phi) is 6.42. The fourth-order valence-corrected chi connectivity index (χ4v) is 1.84. The zero-order chi connectivity index (χ0) is 18.3. The van der Waals surface area contributed by atoms with Gasteiger partial charge in [-0.3, -0.25) is 14.9 Å². The Morgan fingerprint density at radius 3 is 2.29 bits per heavy atom. The number of benzene rings is 1. The summed E-state index contributed by atoms with van der Waals surface area (Å²) in [6.45, 7) is 0.793. The first-order valence-electron chi connectivity index (χ1n) is 6.90. The monoisotopic (exact) mass is 338 g/mol. The summed E-state index contributed by atoms with van der Waals surface area (Å²) < 4.78 is 4.86. The number of alkyl carbamates (subject to hydrolysis) is 1. The highest BCUT2D eigenvalue weighted by Crippen LogP contribution is 2.11. The van der Waals surface area contributed by atoms with Gasteiger partial charge in [-0.2, -0.15) is 0 Å². The Balaban J connectivity index is 2.76. The molecule has 1 aromatic rings. The van der Waals surface area contributed by atoms with Gasteiger partial charge in [-0.25, -0.2) is 9.59 Å². The van der Waals surface area contributed by atoms with Crippen LogP contribution in [0.4, 0.5) is 4.79 Å². The molecule has 130 valence electrons. The molecule has 0 saturated heterocycles. The van der Waals surface area contributed by atoms with Crippen LogP contribution in [0.15, 0.2) is 30.3 Å². The molecule has 0 heterocycles. The molecule has 0 radical (unpaired) electrons. The molecule has 0 aliphatic heterocycles. The third kappa shape index (κ3) is 5.06. The summed E-state index contributed by atoms with van der Waals surface area (Å²) in [4.78, 5) is 45.9. The second kappa shape index (κ2) is 8.06. The number of hydrogen-bond acceptors (Lipinski definition) is 6. The lowest BCUT2D eigenvalue weighted by Crippen LogP contribution is -2.62. The molecule has 1 aromatic carbocycles. The minimum Gasteiger partial charge on any atom is -0.481 e. The number of Topliss-reactive ketones (excluding diaryl/α,β-unsaturated/α-hetero) is 1. The summed E-state index contributed by atoms with van der Waals surface area (Å²) in [5.74, 6) is -4.19. The molecule has 1 amide bonds. The highest BCUT2D eigenvalue weighted by atomic mass is 16.5. The number of carbonyl (C=O) groups is 4. The van der Waals surface area contributed by atoms with Gasteiger partial charge >= 0.3 is 18.0 Å². The summed E-state index contributed by atoms with van der Waals surface area (Å²) >= 11 is 0. The molecule has 9 nitrogen and oxygen atoms in total. The Morgan fingerprint density at radius 1 is 1.21 bits per heavy atom. The van der Waals surface area contributed by atoms with E-state index in [1.54, 1.807) is 30.3 Å². The van der Waals surface area contributed by atoms with Gasteiger partial charge in [0.1, 0.15) is 6.61 Å². The van der Waals surface area contributed by atoms with Gasteiger partial charge < -0.3 is 20.7 Å². The van der Waals surface area contributed by atoms with Crippen LogP contribution in [0.2, 0.25) is 0 Å². The number of hydrogen-bond donors (Lipinski definition) is 4. The van der Waals surface area contributed by atoms with Crippen molar-refractivity contribution in [3.05, 3.63) is 35.9 Å². The number of nitrogens with one attached hydrogen (secondary N) is 1. The zero-order valence-electron chi connectivity index (χ0n) is 12.9. The molecule has 24 heavy (non-hydrogen) atoms. The first kappa shape index (κ1) is 19.1. The van der Waals surface area contributed by atoms with Gasteiger partial charge in [0.2, 0.25) is 0 Å². The number of amides is 1. The summed E-state index contributed by atoms with van der Waals surface area (Å²) in [6, 6.07) is 7.03. The Bertz CT molecular complexity index is 632. The van der Waals surface area contributed by atoms with Crippen LogP contribution in [0.25, 0.3) is 0 Å². The lowest BCUT2D eigenvalue weighted by molar-refractivity contribution is -0.151. The smallest absolute Gasteiger partial charge is 0.408 e. The normalized spacial score (nSPS) is 14.1. The number of nitrogens with two attached hydrogens (primary N) is 1. The van der Waals surface area contributed by atoms with E-state index in [1.807, 2.05) is 5.32 Å². The quantitative estimate of drug-likeness (QED) is 0.487. The number of ether oxygens (including phenoxy) is 1. The van der Waals surface area contributed by atoms with Gasteiger partial charge in [-0.1, -0.05) is 30.3 Å². The highest BCUT2D eigenvalue weighted by Gasteiger charge is 2.45. The van der Waals surface area contributed by atoms with Crippen molar-refractivity contribution in [2.24, 2.45) is 5.73 Å². The molecule has 0 fully saturated rings. The van der Waals surface area contributed by atoms with Crippen molar-refractivity contribution in [3.8, 4) is 0 Å². The largest absolute Gasteiger partial charge is 0.481 e. The molecule has 1 rings (SSSR count). The molecule has 0 aliphatic carbocycles. The molecule has 0 saturated carbocycles. The first-order valence-corrected chi connectivity index (χ1v) is 6.90. The number of rotatable bonds is 8.